The predicted octanol–water partition coefficient (Wildman–Crippen LogP) is 1.99. The Bertz CT molecular complexity index is 813. The molecular weight excluding hydrogens is 338 g/mol. The summed E-state index contributed by atoms with van der Waals surface area (Å²) in [5, 5.41) is 11.1. The molecule has 0 radical (unpaired) electrons. The molecule has 9 nitrogen and oxygen atoms in total. The molecule has 1 aromatic carbocycles. The molecule has 1 aliphatic rings. The highest BCUT2D eigenvalue weighted by Gasteiger charge is 2.22. The molecule has 1 saturated heterocycles. The number of carbonyl (C=O) groups is 2. The summed E-state index contributed by atoms with van der Waals surface area (Å²) in [5.41, 5.74) is 5.53. The lowest BCUT2D eigenvalue weighted by molar-refractivity contribution is -0.384. The Morgan fingerprint density at radius 1 is 1.08 bits per heavy atom. The van der Waals surface area contributed by atoms with Crippen molar-refractivity contribution in [3.05, 3.63) is 57.9 Å². The number of aromatic nitrogens is 1. The van der Waals surface area contributed by atoms with Gasteiger partial charge < -0.3 is 9.88 Å². The Kier molecular flexibility index (Phi) is 5.16. The maximum absolute atomic E-state index is 12.6. The quantitative estimate of drug-likeness (QED) is 0.571. The maximum atomic E-state index is 12.6. The number of nitrogens with one attached hydrogen (secondary N) is 3. The van der Waals surface area contributed by atoms with Gasteiger partial charge in [0.2, 0.25) is 0 Å². The topological polar surface area (TPSA) is 120 Å². The lowest BCUT2D eigenvalue weighted by Gasteiger charge is -2.30. The van der Waals surface area contributed by atoms with Crippen LogP contribution in [0, 0.1) is 10.1 Å². The molecule has 2 heterocycles. The van der Waals surface area contributed by atoms with Crippen LogP contribution >= 0.6 is 0 Å². The van der Waals surface area contributed by atoms with E-state index < -0.39 is 16.7 Å². The van der Waals surface area contributed by atoms with Crippen molar-refractivity contribution in [2.45, 2.75) is 19.3 Å². The van der Waals surface area contributed by atoms with Gasteiger partial charge in [0.05, 0.1) is 16.2 Å². The van der Waals surface area contributed by atoms with Crippen molar-refractivity contribution in [2.75, 3.05) is 18.0 Å². The SMILES string of the molecule is O=C(NNC(=O)c1cc([N+](=O)[O-])ccc1N1CCCCC1)c1ccc[nH]1. The molecule has 2 aromatic rings. The van der Waals surface area contributed by atoms with Gasteiger partial charge in [-0.25, -0.2) is 0 Å². The first-order valence-electron chi connectivity index (χ1n) is 8.34. The van der Waals surface area contributed by atoms with E-state index in [1.165, 1.54) is 12.1 Å². The number of H-pyrrole nitrogens is 1. The van der Waals surface area contributed by atoms with Gasteiger partial charge in [-0.3, -0.25) is 30.6 Å². The number of rotatable bonds is 4. The van der Waals surface area contributed by atoms with Gasteiger partial charge in [-0.05, 0) is 37.5 Å². The molecule has 0 bridgehead atoms. The fourth-order valence-corrected chi connectivity index (χ4v) is 2.95. The molecule has 3 rings (SSSR count). The molecule has 2 amide bonds. The van der Waals surface area contributed by atoms with Crippen molar-refractivity contribution in [3.63, 3.8) is 0 Å². The molecule has 0 spiro atoms. The van der Waals surface area contributed by atoms with Crippen LogP contribution in [0.1, 0.15) is 40.1 Å². The molecule has 9 heteroatoms. The Morgan fingerprint density at radius 2 is 1.81 bits per heavy atom. The van der Waals surface area contributed by atoms with E-state index in [9.17, 15) is 19.7 Å². The Balaban J connectivity index is 1.80. The first-order valence-corrected chi connectivity index (χ1v) is 8.34. The maximum Gasteiger partial charge on any atom is 0.286 e. The summed E-state index contributed by atoms with van der Waals surface area (Å²) in [5.74, 6) is -1.11. The van der Waals surface area contributed by atoms with Gasteiger partial charge in [-0.1, -0.05) is 0 Å². The Hall–Kier alpha value is -3.36. The fraction of sp³-hybridized carbons (Fsp3) is 0.294. The van der Waals surface area contributed by atoms with Crippen molar-refractivity contribution < 1.29 is 14.5 Å². The van der Waals surface area contributed by atoms with Crippen LogP contribution < -0.4 is 15.8 Å². The summed E-state index contributed by atoms with van der Waals surface area (Å²) in [6.45, 7) is 1.57. The highest BCUT2D eigenvalue weighted by atomic mass is 16.6. The molecule has 0 unspecified atom stereocenters. The van der Waals surface area contributed by atoms with Crippen molar-refractivity contribution in [1.82, 2.24) is 15.8 Å². The molecule has 0 aliphatic carbocycles. The second-order valence-corrected chi connectivity index (χ2v) is 6.00. The number of hydrazine groups is 1. The van der Waals surface area contributed by atoms with Crippen molar-refractivity contribution >= 4 is 23.2 Å². The summed E-state index contributed by atoms with van der Waals surface area (Å²) < 4.78 is 0. The molecule has 136 valence electrons. The van der Waals surface area contributed by atoms with Crippen LogP contribution in [0.2, 0.25) is 0 Å². The number of non-ortho nitro benzene ring substituents is 1. The monoisotopic (exact) mass is 357 g/mol. The predicted molar refractivity (Wildman–Crippen MR) is 94.9 cm³/mol. The summed E-state index contributed by atoms with van der Waals surface area (Å²) in [6.07, 6.45) is 4.71. The minimum Gasteiger partial charge on any atom is -0.371 e. The molecule has 0 saturated carbocycles. The van der Waals surface area contributed by atoms with E-state index in [1.54, 1.807) is 24.4 Å². The van der Waals surface area contributed by atoms with E-state index in [-0.39, 0.29) is 11.3 Å². The van der Waals surface area contributed by atoms with Crippen molar-refractivity contribution in [1.29, 1.82) is 0 Å². The third kappa shape index (κ3) is 3.82. The van der Waals surface area contributed by atoms with E-state index in [1.807, 2.05) is 4.90 Å². The van der Waals surface area contributed by atoms with Gasteiger partial charge in [0, 0.05) is 31.4 Å². The number of amides is 2. The van der Waals surface area contributed by atoms with Crippen LogP contribution in [-0.2, 0) is 0 Å². The largest absolute Gasteiger partial charge is 0.371 e. The molecule has 3 N–H and O–H groups in total. The van der Waals surface area contributed by atoms with E-state index in [2.05, 4.69) is 15.8 Å². The molecule has 1 aromatic heterocycles. The number of nitrogens with zero attached hydrogens (tertiary/aromatic N) is 2. The van der Waals surface area contributed by atoms with Gasteiger partial charge in [0.1, 0.15) is 5.69 Å². The average Bonchev–Trinajstić information content (AvgIpc) is 3.21. The van der Waals surface area contributed by atoms with Crippen LogP contribution in [0.15, 0.2) is 36.5 Å². The zero-order chi connectivity index (χ0) is 18.5. The van der Waals surface area contributed by atoms with Crippen molar-refractivity contribution in [3.8, 4) is 0 Å². The number of hydrogen-bond acceptors (Lipinski definition) is 5. The standard InChI is InChI=1S/C17H19N5O4/c23-16(19-20-17(24)14-5-4-8-18-14)13-11-12(22(25)26)6-7-15(13)21-9-2-1-3-10-21/h4-8,11,18H,1-3,9-10H2,(H,19,23)(H,20,24). The average molecular weight is 357 g/mol. The lowest BCUT2D eigenvalue weighted by Crippen LogP contribution is -2.42. The van der Waals surface area contributed by atoms with Gasteiger partial charge in [0.15, 0.2) is 0 Å². The second kappa shape index (κ2) is 7.68. The summed E-state index contributed by atoms with van der Waals surface area (Å²) in [4.78, 5) is 39.8. The van der Waals surface area contributed by atoms with E-state index in [4.69, 9.17) is 0 Å². The van der Waals surface area contributed by atoms with Crippen molar-refractivity contribution in [2.24, 2.45) is 0 Å². The van der Waals surface area contributed by atoms with Crippen LogP contribution in [0.3, 0.4) is 0 Å². The number of benzene rings is 1. The van der Waals surface area contributed by atoms with Crippen LogP contribution in [0.4, 0.5) is 11.4 Å². The Labute approximate surface area is 149 Å². The van der Waals surface area contributed by atoms with E-state index in [0.29, 0.717) is 11.4 Å². The number of nitro benzene ring substituents is 1. The third-order valence-corrected chi connectivity index (χ3v) is 4.26. The highest BCUT2D eigenvalue weighted by Crippen LogP contribution is 2.27. The summed E-state index contributed by atoms with van der Waals surface area (Å²) in [6, 6.07) is 7.43. The van der Waals surface area contributed by atoms with Gasteiger partial charge in [-0.15, -0.1) is 0 Å². The minimum absolute atomic E-state index is 0.160. The van der Waals surface area contributed by atoms with Gasteiger partial charge in [-0.2, -0.15) is 0 Å². The second-order valence-electron chi connectivity index (χ2n) is 6.00. The number of carbonyl (C=O) groups excluding carboxylic acids is 2. The Morgan fingerprint density at radius 3 is 2.46 bits per heavy atom. The van der Waals surface area contributed by atoms with Crippen LogP contribution in [-0.4, -0.2) is 34.8 Å². The number of piperidine rings is 1. The van der Waals surface area contributed by atoms with E-state index in [0.717, 1.165) is 32.4 Å². The van der Waals surface area contributed by atoms with Gasteiger partial charge >= 0.3 is 0 Å². The van der Waals surface area contributed by atoms with Crippen LogP contribution in [0.25, 0.3) is 0 Å². The normalized spacial score (nSPS) is 13.9. The fourth-order valence-electron chi connectivity index (χ4n) is 2.95. The zero-order valence-corrected chi connectivity index (χ0v) is 14.0. The number of nitro groups is 1. The minimum atomic E-state index is -0.603. The number of hydrogen-bond donors (Lipinski definition) is 3. The van der Waals surface area contributed by atoms with Crippen LogP contribution in [0.5, 0.6) is 0 Å². The summed E-state index contributed by atoms with van der Waals surface area (Å²) in [7, 11) is 0. The molecular formula is C17H19N5O4. The molecule has 0 atom stereocenters. The summed E-state index contributed by atoms with van der Waals surface area (Å²) >= 11 is 0. The zero-order valence-electron chi connectivity index (χ0n) is 14.0. The van der Waals surface area contributed by atoms with Gasteiger partial charge in [0.25, 0.3) is 17.5 Å². The third-order valence-electron chi connectivity index (χ3n) is 4.26. The smallest absolute Gasteiger partial charge is 0.286 e. The first-order chi connectivity index (χ1) is 12.6. The number of anilines is 1. The first kappa shape index (κ1) is 17.5. The lowest BCUT2D eigenvalue weighted by atomic mass is 10.1. The molecule has 26 heavy (non-hydrogen) atoms. The van der Waals surface area contributed by atoms with E-state index >= 15 is 0 Å². The molecule has 1 fully saturated rings. The molecule has 1 aliphatic heterocycles. The number of aromatic amines is 1. The highest BCUT2D eigenvalue weighted by molar-refractivity contribution is 6.02.